The minimum Gasteiger partial charge on any atom is -0.455 e. The molecule has 2 heteroatoms. The van der Waals surface area contributed by atoms with Gasteiger partial charge in [0.05, 0.1) is 5.41 Å². The van der Waals surface area contributed by atoms with Crippen molar-refractivity contribution in [3.05, 3.63) is 307 Å². The average molecular weight is 930 g/mol. The first-order valence-corrected chi connectivity index (χ1v) is 25.1. The van der Waals surface area contributed by atoms with Crippen LogP contribution in [0.4, 0.5) is 17.1 Å². The van der Waals surface area contributed by atoms with Gasteiger partial charge in [-0.1, -0.05) is 231 Å². The zero-order valence-electron chi connectivity index (χ0n) is 40.0. The molecule has 12 aromatic carbocycles. The van der Waals surface area contributed by atoms with E-state index in [9.17, 15) is 0 Å². The fourth-order valence-electron chi connectivity index (χ4n) is 11.7. The predicted molar refractivity (Wildman–Crippen MR) is 305 cm³/mol. The van der Waals surface area contributed by atoms with Crippen molar-refractivity contribution < 1.29 is 4.42 Å². The first-order valence-electron chi connectivity index (χ1n) is 25.1. The van der Waals surface area contributed by atoms with Crippen molar-refractivity contribution in [2.75, 3.05) is 4.90 Å². The summed E-state index contributed by atoms with van der Waals surface area (Å²) in [5.74, 6) is 0. The van der Waals surface area contributed by atoms with Crippen molar-refractivity contribution >= 4 is 49.8 Å². The highest BCUT2D eigenvalue weighted by atomic mass is 16.3. The van der Waals surface area contributed by atoms with Crippen LogP contribution >= 0.6 is 0 Å². The summed E-state index contributed by atoms with van der Waals surface area (Å²) in [6.45, 7) is 0. The highest BCUT2D eigenvalue weighted by Gasteiger charge is 2.46. The molecule has 1 aliphatic rings. The number of furan rings is 1. The average Bonchev–Trinajstić information content (AvgIpc) is 4.06. The van der Waals surface area contributed by atoms with Gasteiger partial charge in [0.2, 0.25) is 0 Å². The molecule has 0 spiro atoms. The molecule has 13 aromatic rings. The lowest BCUT2D eigenvalue weighted by Crippen LogP contribution is -2.28. The van der Waals surface area contributed by atoms with Crippen LogP contribution in [0.2, 0.25) is 0 Å². The number of benzene rings is 12. The number of para-hydroxylation sites is 2. The van der Waals surface area contributed by atoms with E-state index >= 15 is 0 Å². The van der Waals surface area contributed by atoms with Crippen molar-refractivity contribution in [3.8, 4) is 55.6 Å². The summed E-state index contributed by atoms with van der Waals surface area (Å²) in [6.07, 6.45) is 0. The zero-order valence-corrected chi connectivity index (χ0v) is 40.0. The van der Waals surface area contributed by atoms with Gasteiger partial charge in [0.25, 0.3) is 0 Å². The fraction of sp³-hybridized carbons (Fsp3) is 0.0141. The Morgan fingerprint density at radius 3 is 1.42 bits per heavy atom. The van der Waals surface area contributed by atoms with E-state index in [1.807, 2.05) is 6.07 Å². The number of hydrogen-bond donors (Lipinski definition) is 0. The van der Waals surface area contributed by atoms with Gasteiger partial charge in [-0.3, -0.25) is 0 Å². The largest absolute Gasteiger partial charge is 0.455 e. The number of rotatable bonds is 9. The Balaban J connectivity index is 0.872. The summed E-state index contributed by atoms with van der Waals surface area (Å²) in [6, 6.07) is 104. The molecule has 1 aliphatic carbocycles. The van der Waals surface area contributed by atoms with Crippen molar-refractivity contribution in [2.45, 2.75) is 5.41 Å². The van der Waals surface area contributed by atoms with Crippen molar-refractivity contribution in [1.82, 2.24) is 0 Å². The predicted octanol–water partition coefficient (Wildman–Crippen LogP) is 19.2. The van der Waals surface area contributed by atoms with Crippen LogP contribution < -0.4 is 4.90 Å². The number of hydrogen-bond acceptors (Lipinski definition) is 2. The summed E-state index contributed by atoms with van der Waals surface area (Å²) < 4.78 is 6.53. The summed E-state index contributed by atoms with van der Waals surface area (Å²) in [4.78, 5) is 2.35. The van der Waals surface area contributed by atoms with Gasteiger partial charge in [-0.2, -0.15) is 0 Å². The van der Waals surface area contributed by atoms with E-state index < -0.39 is 5.41 Å². The third-order valence-corrected chi connectivity index (χ3v) is 15.2. The molecule has 342 valence electrons. The molecule has 1 heterocycles. The van der Waals surface area contributed by atoms with E-state index in [2.05, 4.69) is 284 Å². The van der Waals surface area contributed by atoms with Crippen LogP contribution in [0, 0.1) is 0 Å². The Morgan fingerprint density at radius 2 is 0.753 bits per heavy atom. The van der Waals surface area contributed by atoms with Crippen LogP contribution in [0.3, 0.4) is 0 Å². The smallest absolute Gasteiger partial charge is 0.143 e. The van der Waals surface area contributed by atoms with Crippen LogP contribution in [-0.4, -0.2) is 0 Å². The zero-order chi connectivity index (χ0) is 48.3. The van der Waals surface area contributed by atoms with Crippen molar-refractivity contribution in [2.24, 2.45) is 0 Å². The van der Waals surface area contributed by atoms with Gasteiger partial charge in [0.1, 0.15) is 11.2 Å². The molecule has 0 amide bonds. The van der Waals surface area contributed by atoms with Gasteiger partial charge in [-0.15, -0.1) is 0 Å². The maximum absolute atomic E-state index is 6.53. The Bertz CT molecular complexity index is 4070. The maximum Gasteiger partial charge on any atom is 0.143 e. The normalized spacial score (nSPS) is 13.8. The van der Waals surface area contributed by atoms with Gasteiger partial charge in [-0.25, -0.2) is 0 Å². The van der Waals surface area contributed by atoms with Crippen LogP contribution in [0.25, 0.3) is 88.3 Å². The second kappa shape index (κ2) is 17.4. The SMILES string of the molecule is c1ccc(-c2ccc(N(c3ccc(-c4ccccc4)cc3)c3ccc(-c4ccc5c(c4)-c4ccccc4C5(c4ccc(-c5cccc6c5oc5ccccc56)cc4)c4ccc5ccccc5c4)cc3)cc2)cc1. The van der Waals surface area contributed by atoms with Gasteiger partial charge < -0.3 is 9.32 Å². The van der Waals surface area contributed by atoms with Crippen LogP contribution in [0.5, 0.6) is 0 Å². The molecular formula is C71H47NO. The molecule has 0 saturated carbocycles. The highest BCUT2D eigenvalue weighted by Crippen LogP contribution is 2.57. The molecule has 0 N–H and O–H groups in total. The minimum absolute atomic E-state index is 0.575. The quantitative estimate of drug-likeness (QED) is 0.143. The molecule has 1 aromatic heterocycles. The summed E-state index contributed by atoms with van der Waals surface area (Å²) in [7, 11) is 0. The number of fused-ring (bicyclic) bond motifs is 7. The first kappa shape index (κ1) is 42.4. The van der Waals surface area contributed by atoms with Gasteiger partial charge in [0, 0.05) is 33.4 Å². The second-order valence-corrected chi connectivity index (χ2v) is 19.2. The van der Waals surface area contributed by atoms with E-state index in [0.717, 1.165) is 55.7 Å². The van der Waals surface area contributed by atoms with Gasteiger partial charge in [0.15, 0.2) is 0 Å². The minimum atomic E-state index is -0.575. The molecular weight excluding hydrogens is 883 g/mol. The van der Waals surface area contributed by atoms with E-state index in [4.69, 9.17) is 4.42 Å². The molecule has 1 unspecified atom stereocenters. The van der Waals surface area contributed by atoms with E-state index in [1.54, 1.807) is 0 Å². The Labute approximate surface area is 425 Å². The maximum atomic E-state index is 6.53. The van der Waals surface area contributed by atoms with E-state index in [0.29, 0.717) is 0 Å². The van der Waals surface area contributed by atoms with Crippen molar-refractivity contribution in [3.63, 3.8) is 0 Å². The third kappa shape index (κ3) is 7.10. The van der Waals surface area contributed by atoms with Crippen LogP contribution in [0.15, 0.2) is 290 Å². The van der Waals surface area contributed by atoms with Crippen LogP contribution in [0.1, 0.15) is 22.3 Å². The summed E-state index contributed by atoms with van der Waals surface area (Å²) in [5, 5.41) is 4.73. The molecule has 1 atom stereocenters. The summed E-state index contributed by atoms with van der Waals surface area (Å²) >= 11 is 0. The van der Waals surface area contributed by atoms with E-state index in [1.165, 1.54) is 72.0 Å². The molecule has 0 fully saturated rings. The third-order valence-electron chi connectivity index (χ3n) is 15.2. The lowest BCUT2D eigenvalue weighted by Gasteiger charge is -2.34. The van der Waals surface area contributed by atoms with E-state index in [-0.39, 0.29) is 0 Å². The number of anilines is 3. The molecule has 14 rings (SSSR count). The van der Waals surface area contributed by atoms with Crippen LogP contribution in [-0.2, 0) is 5.41 Å². The van der Waals surface area contributed by atoms with Gasteiger partial charge >= 0.3 is 0 Å². The molecule has 0 aliphatic heterocycles. The number of nitrogens with zero attached hydrogens (tertiary/aromatic N) is 1. The first-order chi connectivity index (χ1) is 36.2. The highest BCUT2D eigenvalue weighted by molar-refractivity contribution is 6.09. The molecule has 0 radical (unpaired) electrons. The standard InChI is InChI=1S/C71H47NO/c1-3-14-48(15-4-1)51-29-39-59(40-30-51)72(60-41-31-52(32-42-60)49-16-5-2-6-17-49)61-43-33-53(34-44-61)56-35-45-68-66(47-56)63-20-9-11-24-67(63)71(68,58-38-26-50-18-7-8-19-55(50)46-58)57-36-27-54(28-37-57)62-22-13-23-65-64-21-10-12-25-69(64)73-70(62)65/h1-47H. The summed E-state index contributed by atoms with van der Waals surface area (Å²) in [5.41, 5.74) is 21.4. The lowest BCUT2D eigenvalue weighted by atomic mass is 9.67. The lowest BCUT2D eigenvalue weighted by molar-refractivity contribution is 0.670. The van der Waals surface area contributed by atoms with Gasteiger partial charge in [-0.05, 0) is 138 Å². The second-order valence-electron chi connectivity index (χ2n) is 19.2. The Kier molecular flexibility index (Phi) is 10.1. The Hall–Kier alpha value is -9.50. The molecule has 0 bridgehead atoms. The topological polar surface area (TPSA) is 16.4 Å². The monoisotopic (exact) mass is 929 g/mol. The molecule has 73 heavy (non-hydrogen) atoms. The fourth-order valence-corrected chi connectivity index (χ4v) is 11.7. The Morgan fingerprint density at radius 1 is 0.274 bits per heavy atom. The van der Waals surface area contributed by atoms with Crippen molar-refractivity contribution in [1.29, 1.82) is 0 Å². The molecule has 2 nitrogen and oxygen atoms in total. The molecule has 0 saturated heterocycles.